The molecule has 1 aromatic heterocycles. The number of anilines is 2. The van der Waals surface area contributed by atoms with Crippen LogP contribution in [-0.2, 0) is 0 Å². The van der Waals surface area contributed by atoms with Crippen molar-refractivity contribution in [2.75, 3.05) is 23.3 Å². The smallest absolute Gasteiger partial charge is 0.255 e. The SMILES string of the molecule is O=C(Nc1ccc(N2CCCC2)cc1)c1ccnc(Br)c1. The van der Waals surface area contributed by atoms with E-state index >= 15 is 0 Å². The van der Waals surface area contributed by atoms with E-state index < -0.39 is 0 Å². The Morgan fingerprint density at radius 2 is 1.86 bits per heavy atom. The largest absolute Gasteiger partial charge is 0.372 e. The Labute approximate surface area is 132 Å². The molecule has 1 saturated heterocycles. The lowest BCUT2D eigenvalue weighted by molar-refractivity contribution is 0.102. The lowest BCUT2D eigenvalue weighted by Gasteiger charge is -2.17. The molecular formula is C16H16BrN3O. The van der Waals surface area contributed by atoms with E-state index in [9.17, 15) is 4.79 Å². The van der Waals surface area contributed by atoms with Gasteiger partial charge in [0.1, 0.15) is 4.60 Å². The number of nitrogens with zero attached hydrogens (tertiary/aromatic N) is 2. The molecule has 4 nitrogen and oxygen atoms in total. The van der Waals surface area contributed by atoms with Crippen LogP contribution in [-0.4, -0.2) is 24.0 Å². The molecule has 0 aliphatic carbocycles. The zero-order valence-electron chi connectivity index (χ0n) is 11.6. The molecule has 3 rings (SSSR count). The van der Waals surface area contributed by atoms with Crippen LogP contribution < -0.4 is 10.2 Å². The van der Waals surface area contributed by atoms with Crippen LogP contribution in [0.1, 0.15) is 23.2 Å². The van der Waals surface area contributed by atoms with Crippen LogP contribution in [0.2, 0.25) is 0 Å². The van der Waals surface area contributed by atoms with Crippen molar-refractivity contribution in [1.82, 2.24) is 4.98 Å². The van der Waals surface area contributed by atoms with E-state index in [1.165, 1.54) is 18.5 Å². The summed E-state index contributed by atoms with van der Waals surface area (Å²) in [7, 11) is 0. The molecule has 108 valence electrons. The van der Waals surface area contributed by atoms with Gasteiger partial charge in [-0.3, -0.25) is 4.79 Å². The Morgan fingerprint density at radius 3 is 2.52 bits per heavy atom. The average molecular weight is 346 g/mol. The second-order valence-corrected chi connectivity index (χ2v) is 5.87. The fraction of sp³-hybridized carbons (Fsp3) is 0.250. The maximum atomic E-state index is 12.1. The molecule has 1 amide bonds. The summed E-state index contributed by atoms with van der Waals surface area (Å²) in [5.41, 5.74) is 2.61. The second kappa shape index (κ2) is 6.26. The second-order valence-electron chi connectivity index (χ2n) is 5.06. The molecule has 1 aliphatic heterocycles. The van der Waals surface area contributed by atoms with Gasteiger partial charge in [0.05, 0.1) is 0 Å². The van der Waals surface area contributed by atoms with Crippen LogP contribution in [0.15, 0.2) is 47.2 Å². The standard InChI is InChI=1S/C16H16BrN3O/c17-15-11-12(7-8-18-15)16(21)19-13-3-5-14(6-4-13)20-9-1-2-10-20/h3-8,11H,1-2,9-10H2,(H,19,21). The zero-order valence-corrected chi connectivity index (χ0v) is 13.1. The third-order valence-corrected chi connectivity index (χ3v) is 4.02. The van der Waals surface area contributed by atoms with E-state index in [-0.39, 0.29) is 5.91 Å². The molecule has 1 aromatic carbocycles. The minimum absolute atomic E-state index is 0.132. The van der Waals surface area contributed by atoms with E-state index in [1.54, 1.807) is 18.3 Å². The lowest BCUT2D eigenvalue weighted by Crippen LogP contribution is -2.17. The summed E-state index contributed by atoms with van der Waals surface area (Å²) in [6.45, 7) is 2.24. The van der Waals surface area contributed by atoms with Gasteiger partial charge in [0.25, 0.3) is 5.91 Å². The van der Waals surface area contributed by atoms with Crippen LogP contribution in [0, 0.1) is 0 Å². The number of pyridine rings is 1. The number of hydrogen-bond acceptors (Lipinski definition) is 3. The van der Waals surface area contributed by atoms with E-state index in [0.717, 1.165) is 18.8 Å². The molecule has 5 heteroatoms. The maximum Gasteiger partial charge on any atom is 0.255 e. The first-order valence-electron chi connectivity index (χ1n) is 7.00. The van der Waals surface area contributed by atoms with Crippen molar-refractivity contribution in [3.05, 3.63) is 52.8 Å². The summed E-state index contributed by atoms with van der Waals surface area (Å²) in [5.74, 6) is -0.132. The number of carbonyl (C=O) groups excluding carboxylic acids is 1. The van der Waals surface area contributed by atoms with E-state index in [2.05, 4.69) is 43.3 Å². The molecule has 1 N–H and O–H groups in total. The number of halogens is 1. The predicted molar refractivity (Wildman–Crippen MR) is 87.8 cm³/mol. The van der Waals surface area contributed by atoms with Gasteiger partial charge in [0, 0.05) is 36.2 Å². The summed E-state index contributed by atoms with van der Waals surface area (Å²) in [6.07, 6.45) is 4.13. The van der Waals surface area contributed by atoms with Crippen LogP contribution in [0.4, 0.5) is 11.4 Å². The number of aromatic nitrogens is 1. The van der Waals surface area contributed by atoms with Crippen molar-refractivity contribution in [1.29, 1.82) is 0 Å². The Bertz CT molecular complexity index is 636. The van der Waals surface area contributed by atoms with Crippen molar-refractivity contribution in [2.24, 2.45) is 0 Å². The van der Waals surface area contributed by atoms with Crippen molar-refractivity contribution in [2.45, 2.75) is 12.8 Å². The number of rotatable bonds is 3. The predicted octanol–water partition coefficient (Wildman–Crippen LogP) is 3.70. The number of benzene rings is 1. The van der Waals surface area contributed by atoms with Crippen molar-refractivity contribution >= 4 is 33.2 Å². The molecule has 1 fully saturated rings. The Kier molecular flexibility index (Phi) is 4.20. The highest BCUT2D eigenvalue weighted by molar-refractivity contribution is 9.10. The third-order valence-electron chi connectivity index (χ3n) is 3.59. The lowest BCUT2D eigenvalue weighted by atomic mass is 10.2. The summed E-state index contributed by atoms with van der Waals surface area (Å²) in [4.78, 5) is 18.5. The molecule has 0 atom stereocenters. The highest BCUT2D eigenvalue weighted by atomic mass is 79.9. The molecule has 0 unspecified atom stereocenters. The number of hydrogen-bond donors (Lipinski definition) is 1. The number of carbonyl (C=O) groups is 1. The van der Waals surface area contributed by atoms with Crippen LogP contribution in [0.5, 0.6) is 0 Å². The summed E-state index contributed by atoms with van der Waals surface area (Å²) in [6, 6.07) is 11.4. The topological polar surface area (TPSA) is 45.2 Å². The first kappa shape index (κ1) is 14.1. The van der Waals surface area contributed by atoms with E-state index in [0.29, 0.717) is 10.2 Å². The van der Waals surface area contributed by atoms with Gasteiger partial charge in [-0.25, -0.2) is 4.98 Å². The highest BCUT2D eigenvalue weighted by Gasteiger charge is 2.12. The molecule has 0 spiro atoms. The molecule has 1 aliphatic rings. The van der Waals surface area contributed by atoms with Gasteiger partial charge in [-0.05, 0) is 65.2 Å². The quantitative estimate of drug-likeness (QED) is 0.862. The van der Waals surface area contributed by atoms with Crippen LogP contribution in [0.25, 0.3) is 0 Å². The third kappa shape index (κ3) is 3.42. The first-order chi connectivity index (χ1) is 10.2. The van der Waals surface area contributed by atoms with Gasteiger partial charge in [-0.2, -0.15) is 0 Å². The Morgan fingerprint density at radius 1 is 1.14 bits per heavy atom. The van der Waals surface area contributed by atoms with Gasteiger partial charge < -0.3 is 10.2 Å². The first-order valence-corrected chi connectivity index (χ1v) is 7.79. The van der Waals surface area contributed by atoms with Crippen molar-refractivity contribution in [3.63, 3.8) is 0 Å². The Balaban J connectivity index is 1.68. The van der Waals surface area contributed by atoms with Gasteiger partial charge in [-0.1, -0.05) is 0 Å². The highest BCUT2D eigenvalue weighted by Crippen LogP contribution is 2.22. The molecule has 0 saturated carbocycles. The summed E-state index contributed by atoms with van der Waals surface area (Å²) < 4.78 is 0.652. The number of nitrogens with one attached hydrogen (secondary N) is 1. The molecule has 0 radical (unpaired) electrons. The summed E-state index contributed by atoms with van der Waals surface area (Å²) in [5, 5.41) is 2.90. The zero-order chi connectivity index (χ0) is 14.7. The van der Waals surface area contributed by atoms with Crippen molar-refractivity contribution < 1.29 is 4.79 Å². The average Bonchev–Trinajstić information content (AvgIpc) is 3.02. The minimum Gasteiger partial charge on any atom is -0.372 e. The van der Waals surface area contributed by atoms with Gasteiger partial charge in [0.2, 0.25) is 0 Å². The molecule has 2 aromatic rings. The Hall–Kier alpha value is -1.88. The van der Waals surface area contributed by atoms with E-state index in [1.807, 2.05) is 12.1 Å². The molecule has 2 heterocycles. The number of amides is 1. The minimum atomic E-state index is -0.132. The molecule has 0 bridgehead atoms. The monoisotopic (exact) mass is 345 g/mol. The van der Waals surface area contributed by atoms with Gasteiger partial charge in [0.15, 0.2) is 0 Å². The van der Waals surface area contributed by atoms with Gasteiger partial charge in [-0.15, -0.1) is 0 Å². The van der Waals surface area contributed by atoms with Crippen molar-refractivity contribution in [3.8, 4) is 0 Å². The van der Waals surface area contributed by atoms with Crippen LogP contribution in [0.3, 0.4) is 0 Å². The normalized spacial score (nSPS) is 14.2. The maximum absolute atomic E-state index is 12.1. The summed E-state index contributed by atoms with van der Waals surface area (Å²) >= 11 is 3.27. The van der Waals surface area contributed by atoms with Gasteiger partial charge >= 0.3 is 0 Å². The molecular weight excluding hydrogens is 330 g/mol. The van der Waals surface area contributed by atoms with Crippen LogP contribution >= 0.6 is 15.9 Å². The fourth-order valence-electron chi connectivity index (χ4n) is 2.48. The molecule has 21 heavy (non-hydrogen) atoms. The fourth-order valence-corrected chi connectivity index (χ4v) is 2.84. The van der Waals surface area contributed by atoms with E-state index in [4.69, 9.17) is 0 Å².